The van der Waals surface area contributed by atoms with Crippen LogP contribution in [0.4, 0.5) is 5.69 Å². The molecule has 0 unspecified atom stereocenters. The van der Waals surface area contributed by atoms with Crippen LogP contribution < -0.4 is 10.1 Å². The summed E-state index contributed by atoms with van der Waals surface area (Å²) < 4.78 is 5.16. The first-order chi connectivity index (χ1) is 10.2. The van der Waals surface area contributed by atoms with Crippen molar-refractivity contribution in [1.29, 1.82) is 0 Å². The van der Waals surface area contributed by atoms with E-state index in [1.54, 1.807) is 18.9 Å². The number of hydrogen-bond acceptors (Lipinski definition) is 3. The second-order valence-corrected chi connectivity index (χ2v) is 5.37. The van der Waals surface area contributed by atoms with Crippen LogP contribution in [-0.2, 0) is 0 Å². The van der Waals surface area contributed by atoms with E-state index in [2.05, 4.69) is 24.4 Å². The first kappa shape index (κ1) is 15.4. The maximum Gasteiger partial charge on any atom is 0.161 e. The molecule has 21 heavy (non-hydrogen) atoms. The maximum atomic E-state index is 5.16. The SMILES string of the molecule is COc1ccc(NC(=N[C@@H](C)c2ccccc2)SC)cc1. The highest BCUT2D eigenvalue weighted by Gasteiger charge is 2.05. The second kappa shape index (κ2) is 7.74. The predicted octanol–water partition coefficient (Wildman–Crippen LogP) is 4.59. The summed E-state index contributed by atoms with van der Waals surface area (Å²) in [5, 5.41) is 4.24. The third-order valence-electron chi connectivity index (χ3n) is 3.13. The van der Waals surface area contributed by atoms with Crippen LogP contribution in [0.5, 0.6) is 5.75 Å². The Hall–Kier alpha value is -1.94. The molecule has 0 bridgehead atoms. The summed E-state index contributed by atoms with van der Waals surface area (Å²) in [5.41, 5.74) is 2.21. The van der Waals surface area contributed by atoms with Crippen molar-refractivity contribution >= 4 is 22.6 Å². The molecule has 2 aromatic carbocycles. The topological polar surface area (TPSA) is 33.6 Å². The van der Waals surface area contributed by atoms with Crippen LogP contribution in [0.25, 0.3) is 0 Å². The van der Waals surface area contributed by atoms with Gasteiger partial charge in [-0.25, -0.2) is 0 Å². The van der Waals surface area contributed by atoms with E-state index in [1.807, 2.05) is 48.7 Å². The van der Waals surface area contributed by atoms with Gasteiger partial charge in [-0.2, -0.15) is 0 Å². The number of amidine groups is 1. The molecule has 1 atom stereocenters. The van der Waals surface area contributed by atoms with Crippen molar-refractivity contribution in [3.05, 3.63) is 60.2 Å². The first-order valence-corrected chi connectivity index (χ1v) is 8.03. The van der Waals surface area contributed by atoms with Crippen LogP contribution in [0.3, 0.4) is 0 Å². The zero-order valence-electron chi connectivity index (χ0n) is 12.5. The number of hydrogen-bond donors (Lipinski definition) is 1. The van der Waals surface area contributed by atoms with Crippen LogP contribution in [0, 0.1) is 0 Å². The van der Waals surface area contributed by atoms with Crippen molar-refractivity contribution in [2.24, 2.45) is 4.99 Å². The van der Waals surface area contributed by atoms with Crippen LogP contribution in [0.1, 0.15) is 18.5 Å². The largest absolute Gasteiger partial charge is 0.497 e. The Kier molecular flexibility index (Phi) is 5.69. The lowest BCUT2D eigenvalue weighted by Gasteiger charge is -2.12. The van der Waals surface area contributed by atoms with Crippen molar-refractivity contribution in [1.82, 2.24) is 0 Å². The quantitative estimate of drug-likeness (QED) is 0.662. The lowest BCUT2D eigenvalue weighted by atomic mass is 10.1. The van der Waals surface area contributed by atoms with Gasteiger partial charge in [-0.3, -0.25) is 4.99 Å². The molecule has 0 aliphatic heterocycles. The number of ether oxygens (including phenoxy) is 1. The molecule has 0 aliphatic carbocycles. The number of aliphatic imine (C=N–C) groups is 1. The molecule has 0 aliphatic rings. The van der Waals surface area contributed by atoms with Gasteiger partial charge in [0.1, 0.15) is 5.75 Å². The summed E-state index contributed by atoms with van der Waals surface area (Å²) in [4.78, 5) is 4.74. The van der Waals surface area contributed by atoms with Crippen molar-refractivity contribution in [3.63, 3.8) is 0 Å². The molecule has 2 rings (SSSR count). The number of rotatable bonds is 4. The standard InChI is InChI=1S/C17H20N2OS/c1-13(14-7-5-4-6-8-14)18-17(21-3)19-15-9-11-16(20-2)12-10-15/h4-13H,1-3H3,(H,18,19)/t13-/m0/s1. The molecular weight excluding hydrogens is 280 g/mol. The van der Waals surface area contributed by atoms with Gasteiger partial charge in [0.25, 0.3) is 0 Å². The fraction of sp³-hybridized carbons (Fsp3) is 0.235. The number of nitrogens with one attached hydrogen (secondary N) is 1. The Morgan fingerprint density at radius 1 is 1.10 bits per heavy atom. The molecule has 3 nitrogen and oxygen atoms in total. The van der Waals surface area contributed by atoms with Crippen LogP contribution in [0.2, 0.25) is 0 Å². The first-order valence-electron chi connectivity index (χ1n) is 6.80. The van der Waals surface area contributed by atoms with E-state index in [-0.39, 0.29) is 6.04 Å². The van der Waals surface area contributed by atoms with Gasteiger partial charge in [0, 0.05) is 5.69 Å². The number of thioether (sulfide) groups is 1. The minimum atomic E-state index is 0.124. The Balaban J connectivity index is 2.09. The average Bonchev–Trinajstić information content (AvgIpc) is 2.55. The van der Waals surface area contributed by atoms with Crippen molar-refractivity contribution in [3.8, 4) is 5.75 Å². The molecule has 0 radical (unpaired) electrons. The van der Waals surface area contributed by atoms with E-state index >= 15 is 0 Å². The molecule has 2 aromatic rings. The Morgan fingerprint density at radius 2 is 1.76 bits per heavy atom. The number of benzene rings is 2. The summed E-state index contributed by atoms with van der Waals surface area (Å²) in [7, 11) is 1.67. The van der Waals surface area contributed by atoms with E-state index in [4.69, 9.17) is 9.73 Å². The van der Waals surface area contributed by atoms with E-state index < -0.39 is 0 Å². The van der Waals surface area contributed by atoms with Gasteiger partial charge in [-0.05, 0) is 43.0 Å². The molecule has 0 heterocycles. The lowest BCUT2D eigenvalue weighted by molar-refractivity contribution is 0.415. The maximum absolute atomic E-state index is 5.16. The normalized spacial score (nSPS) is 12.8. The number of methoxy groups -OCH3 is 1. The van der Waals surface area contributed by atoms with Crippen LogP contribution in [0.15, 0.2) is 59.6 Å². The second-order valence-electron chi connectivity index (χ2n) is 4.58. The zero-order valence-corrected chi connectivity index (χ0v) is 13.4. The Bertz CT molecular complexity index is 581. The molecule has 0 aromatic heterocycles. The van der Waals surface area contributed by atoms with Gasteiger partial charge in [0.2, 0.25) is 0 Å². The molecule has 4 heteroatoms. The van der Waals surface area contributed by atoms with Gasteiger partial charge < -0.3 is 10.1 Å². The Morgan fingerprint density at radius 3 is 2.33 bits per heavy atom. The van der Waals surface area contributed by atoms with Gasteiger partial charge in [-0.1, -0.05) is 42.1 Å². The molecule has 0 saturated carbocycles. The fourth-order valence-electron chi connectivity index (χ4n) is 1.92. The third kappa shape index (κ3) is 4.53. The minimum absolute atomic E-state index is 0.124. The molecule has 0 spiro atoms. The molecule has 1 N–H and O–H groups in total. The van der Waals surface area contributed by atoms with Gasteiger partial charge in [0.15, 0.2) is 5.17 Å². The number of anilines is 1. The molecule has 0 fully saturated rings. The van der Waals surface area contributed by atoms with Crippen molar-refractivity contribution in [2.45, 2.75) is 13.0 Å². The fourth-order valence-corrected chi connectivity index (χ4v) is 2.40. The lowest BCUT2D eigenvalue weighted by Crippen LogP contribution is -2.09. The van der Waals surface area contributed by atoms with Crippen LogP contribution >= 0.6 is 11.8 Å². The third-order valence-corrected chi connectivity index (χ3v) is 3.72. The number of nitrogens with zero attached hydrogens (tertiary/aromatic N) is 1. The summed E-state index contributed by atoms with van der Waals surface area (Å²) in [6.07, 6.45) is 2.02. The smallest absolute Gasteiger partial charge is 0.161 e. The highest BCUT2D eigenvalue weighted by molar-refractivity contribution is 8.13. The van der Waals surface area contributed by atoms with Crippen molar-refractivity contribution in [2.75, 3.05) is 18.7 Å². The van der Waals surface area contributed by atoms with E-state index in [1.165, 1.54) is 5.56 Å². The Labute approximate surface area is 130 Å². The zero-order chi connectivity index (χ0) is 15.1. The van der Waals surface area contributed by atoms with Gasteiger partial charge in [0.05, 0.1) is 13.2 Å². The molecule has 110 valence electrons. The summed E-state index contributed by atoms with van der Waals surface area (Å²) in [5.74, 6) is 0.848. The molecular formula is C17H20N2OS. The summed E-state index contributed by atoms with van der Waals surface area (Å²) in [6, 6.07) is 18.2. The van der Waals surface area contributed by atoms with E-state index in [0.29, 0.717) is 0 Å². The highest BCUT2D eigenvalue weighted by Crippen LogP contribution is 2.20. The predicted molar refractivity (Wildman–Crippen MR) is 92.4 cm³/mol. The minimum Gasteiger partial charge on any atom is -0.497 e. The van der Waals surface area contributed by atoms with Gasteiger partial charge >= 0.3 is 0 Å². The van der Waals surface area contributed by atoms with E-state index in [9.17, 15) is 0 Å². The molecule has 0 saturated heterocycles. The van der Waals surface area contributed by atoms with Crippen molar-refractivity contribution < 1.29 is 4.74 Å². The van der Waals surface area contributed by atoms with E-state index in [0.717, 1.165) is 16.6 Å². The van der Waals surface area contributed by atoms with Gasteiger partial charge in [-0.15, -0.1) is 0 Å². The monoisotopic (exact) mass is 300 g/mol. The highest BCUT2D eigenvalue weighted by atomic mass is 32.2. The summed E-state index contributed by atoms with van der Waals surface area (Å²) in [6.45, 7) is 2.10. The van der Waals surface area contributed by atoms with Crippen LogP contribution in [-0.4, -0.2) is 18.5 Å². The average molecular weight is 300 g/mol. The molecule has 0 amide bonds. The summed E-state index contributed by atoms with van der Waals surface area (Å²) >= 11 is 1.61.